The summed E-state index contributed by atoms with van der Waals surface area (Å²) < 4.78 is 12.2. The maximum Gasteiger partial charge on any atom is 0.287 e. The summed E-state index contributed by atoms with van der Waals surface area (Å²) in [4.78, 5) is 14.1. The molecule has 0 aromatic carbocycles. The fourth-order valence-electron chi connectivity index (χ4n) is 1.92. The van der Waals surface area contributed by atoms with Crippen molar-refractivity contribution in [2.24, 2.45) is 0 Å². The predicted molar refractivity (Wildman–Crippen MR) is 81.1 cm³/mol. The van der Waals surface area contributed by atoms with Crippen LogP contribution in [0.3, 0.4) is 0 Å². The van der Waals surface area contributed by atoms with E-state index in [4.69, 9.17) is 21.1 Å². The van der Waals surface area contributed by atoms with E-state index in [9.17, 15) is 4.79 Å². The molecule has 2 rings (SSSR count). The van der Waals surface area contributed by atoms with Crippen LogP contribution >= 0.6 is 11.6 Å². The number of anilines is 1. The lowest BCUT2D eigenvalue weighted by atomic mass is 10.3. The van der Waals surface area contributed by atoms with Gasteiger partial charge in [-0.3, -0.25) is 4.79 Å². The normalized spacial score (nSPS) is 19.0. The third-order valence-corrected chi connectivity index (χ3v) is 3.51. The smallest absolute Gasteiger partial charge is 0.287 e. The molecule has 1 atom stereocenters. The second-order valence-electron chi connectivity index (χ2n) is 5.15. The van der Waals surface area contributed by atoms with Crippen molar-refractivity contribution >= 4 is 17.3 Å². The maximum atomic E-state index is 12.1. The topological polar surface area (TPSA) is 68.6 Å². The summed E-state index contributed by atoms with van der Waals surface area (Å²) in [5.74, 6) is 0. The Morgan fingerprint density at radius 3 is 3.00 bits per heavy atom. The molecular weight excluding hydrogens is 296 g/mol. The minimum atomic E-state index is -0.288. The van der Waals surface area contributed by atoms with Gasteiger partial charge in [0.25, 0.3) is 5.56 Å². The Balaban J connectivity index is 1.97. The molecule has 1 aromatic heterocycles. The van der Waals surface area contributed by atoms with Crippen molar-refractivity contribution in [2.45, 2.75) is 12.6 Å². The van der Waals surface area contributed by atoms with E-state index >= 15 is 0 Å². The molecule has 1 fully saturated rings. The second kappa shape index (κ2) is 7.74. The molecule has 2 heterocycles. The number of nitrogens with zero attached hydrogens (tertiary/aromatic N) is 3. The van der Waals surface area contributed by atoms with Crippen molar-refractivity contribution in [3.8, 4) is 0 Å². The average Bonchev–Trinajstić information content (AvgIpc) is 2.48. The van der Waals surface area contributed by atoms with Crippen LogP contribution in [0.4, 0.5) is 5.69 Å². The monoisotopic (exact) mass is 316 g/mol. The van der Waals surface area contributed by atoms with Crippen LogP contribution < -0.4 is 10.9 Å². The quantitative estimate of drug-likeness (QED) is 0.813. The first-order valence-corrected chi connectivity index (χ1v) is 7.29. The number of halogens is 1. The van der Waals surface area contributed by atoms with Crippen molar-refractivity contribution in [1.82, 2.24) is 14.7 Å². The largest absolute Gasteiger partial charge is 0.380 e. The van der Waals surface area contributed by atoms with Gasteiger partial charge < -0.3 is 19.7 Å². The molecule has 0 saturated carbocycles. The fraction of sp³-hybridized carbons (Fsp3) is 0.692. The lowest BCUT2D eigenvalue weighted by molar-refractivity contribution is -0.0818. The zero-order valence-electron chi connectivity index (χ0n) is 12.3. The molecule has 118 valence electrons. The van der Waals surface area contributed by atoms with E-state index in [0.717, 1.165) is 6.54 Å². The summed E-state index contributed by atoms with van der Waals surface area (Å²) in [5, 5.41) is 7.38. The van der Waals surface area contributed by atoms with Gasteiger partial charge in [-0.15, -0.1) is 0 Å². The molecular formula is C13H21ClN4O3. The second-order valence-corrected chi connectivity index (χ2v) is 5.53. The summed E-state index contributed by atoms with van der Waals surface area (Å²) in [6.45, 7) is 3.51. The minimum absolute atomic E-state index is 0.0361. The van der Waals surface area contributed by atoms with Crippen molar-refractivity contribution in [1.29, 1.82) is 0 Å². The van der Waals surface area contributed by atoms with Gasteiger partial charge in [0, 0.05) is 13.1 Å². The van der Waals surface area contributed by atoms with Crippen LogP contribution in [0.15, 0.2) is 11.0 Å². The summed E-state index contributed by atoms with van der Waals surface area (Å²) in [6.07, 6.45) is 1.54. The van der Waals surface area contributed by atoms with Crippen LogP contribution in [0.25, 0.3) is 0 Å². The molecule has 1 N–H and O–H groups in total. The molecule has 0 aliphatic carbocycles. The van der Waals surface area contributed by atoms with Crippen LogP contribution in [0.1, 0.15) is 0 Å². The van der Waals surface area contributed by atoms with E-state index in [-0.39, 0.29) is 16.7 Å². The van der Waals surface area contributed by atoms with Gasteiger partial charge in [-0.25, -0.2) is 4.68 Å². The standard InChI is InChI=1S/C13H21ClN4O3/c1-17(2)3-4-18-13(19)12(14)11(8-16-18)15-7-10-9-20-5-6-21-10/h8,10,15H,3-7,9H2,1-2H3. The van der Waals surface area contributed by atoms with E-state index in [1.54, 1.807) is 6.20 Å². The first kappa shape index (κ1) is 16.2. The number of nitrogens with one attached hydrogen (secondary N) is 1. The molecule has 0 spiro atoms. The minimum Gasteiger partial charge on any atom is -0.380 e. The third-order valence-electron chi connectivity index (χ3n) is 3.15. The number of hydrogen-bond donors (Lipinski definition) is 1. The van der Waals surface area contributed by atoms with Crippen molar-refractivity contribution in [3.05, 3.63) is 21.6 Å². The van der Waals surface area contributed by atoms with Gasteiger partial charge in [0.1, 0.15) is 5.02 Å². The van der Waals surface area contributed by atoms with E-state index in [0.29, 0.717) is 38.6 Å². The highest BCUT2D eigenvalue weighted by atomic mass is 35.5. The zero-order valence-corrected chi connectivity index (χ0v) is 13.1. The van der Waals surface area contributed by atoms with Crippen molar-refractivity contribution in [2.75, 3.05) is 52.3 Å². The summed E-state index contributed by atoms with van der Waals surface area (Å²) in [5.41, 5.74) is 0.237. The highest BCUT2D eigenvalue weighted by Gasteiger charge is 2.15. The highest BCUT2D eigenvalue weighted by Crippen LogP contribution is 2.15. The number of aromatic nitrogens is 2. The van der Waals surface area contributed by atoms with Gasteiger partial charge in [-0.1, -0.05) is 11.6 Å². The van der Waals surface area contributed by atoms with Crippen LogP contribution in [-0.4, -0.2) is 67.8 Å². The van der Waals surface area contributed by atoms with Crippen molar-refractivity contribution in [3.63, 3.8) is 0 Å². The predicted octanol–water partition coefficient (Wildman–Crippen LogP) is 0.286. The summed E-state index contributed by atoms with van der Waals surface area (Å²) >= 11 is 6.11. The van der Waals surface area contributed by atoms with Gasteiger partial charge in [0.05, 0.1) is 44.4 Å². The molecule has 0 bridgehead atoms. The van der Waals surface area contributed by atoms with Crippen LogP contribution in [0, 0.1) is 0 Å². The van der Waals surface area contributed by atoms with Gasteiger partial charge >= 0.3 is 0 Å². The van der Waals surface area contributed by atoms with Gasteiger partial charge in [-0.2, -0.15) is 5.10 Å². The van der Waals surface area contributed by atoms with E-state index < -0.39 is 0 Å². The molecule has 8 heteroatoms. The number of hydrogen-bond acceptors (Lipinski definition) is 6. The Hall–Kier alpha value is -1.15. The molecule has 21 heavy (non-hydrogen) atoms. The SMILES string of the molecule is CN(C)CCn1ncc(NCC2COCCO2)c(Cl)c1=O. The molecule has 1 aliphatic rings. The first-order chi connectivity index (χ1) is 10.1. The molecule has 1 unspecified atom stereocenters. The van der Waals surface area contributed by atoms with Crippen LogP contribution in [-0.2, 0) is 16.0 Å². The zero-order chi connectivity index (χ0) is 15.2. The van der Waals surface area contributed by atoms with Gasteiger partial charge in [0.15, 0.2) is 0 Å². The average molecular weight is 317 g/mol. The highest BCUT2D eigenvalue weighted by molar-refractivity contribution is 6.32. The van der Waals surface area contributed by atoms with E-state index in [1.165, 1.54) is 4.68 Å². The Morgan fingerprint density at radius 1 is 1.52 bits per heavy atom. The molecule has 0 radical (unpaired) electrons. The lowest BCUT2D eigenvalue weighted by Gasteiger charge is -2.23. The van der Waals surface area contributed by atoms with E-state index in [2.05, 4.69) is 10.4 Å². The Bertz CT molecular complexity index is 515. The number of likely N-dealkylation sites (N-methyl/N-ethyl adjacent to an activating group) is 1. The van der Waals surface area contributed by atoms with Crippen molar-refractivity contribution < 1.29 is 9.47 Å². The fourth-order valence-corrected chi connectivity index (χ4v) is 2.13. The summed E-state index contributed by atoms with van der Waals surface area (Å²) in [7, 11) is 3.88. The van der Waals surface area contributed by atoms with Gasteiger partial charge in [0.2, 0.25) is 0 Å². The maximum absolute atomic E-state index is 12.1. The Kier molecular flexibility index (Phi) is 5.98. The van der Waals surface area contributed by atoms with Crippen LogP contribution in [0.2, 0.25) is 5.02 Å². The third kappa shape index (κ3) is 4.67. The molecule has 1 saturated heterocycles. The van der Waals surface area contributed by atoms with E-state index in [1.807, 2.05) is 19.0 Å². The first-order valence-electron chi connectivity index (χ1n) is 6.91. The van der Waals surface area contributed by atoms with Gasteiger partial charge in [-0.05, 0) is 14.1 Å². The number of rotatable bonds is 6. The Morgan fingerprint density at radius 2 is 2.33 bits per heavy atom. The number of ether oxygens (including phenoxy) is 2. The molecule has 1 aromatic rings. The Labute approximate surface area is 128 Å². The molecule has 1 aliphatic heterocycles. The summed E-state index contributed by atoms with van der Waals surface area (Å²) in [6, 6.07) is 0. The lowest BCUT2D eigenvalue weighted by Crippen LogP contribution is -2.35. The molecule has 0 amide bonds. The molecule has 7 nitrogen and oxygen atoms in total. The van der Waals surface area contributed by atoms with Crippen LogP contribution in [0.5, 0.6) is 0 Å².